The molecule has 0 radical (unpaired) electrons. The molecule has 0 saturated carbocycles. The van der Waals surface area contributed by atoms with Crippen LogP contribution >= 0.6 is 35.4 Å². The zero-order valence-electron chi connectivity index (χ0n) is 13.2. The molecule has 0 bridgehead atoms. The summed E-state index contributed by atoms with van der Waals surface area (Å²) in [6.45, 7) is 2.55. The van der Waals surface area contributed by atoms with Crippen molar-refractivity contribution in [1.29, 1.82) is 0 Å². The molecule has 2 aromatic carbocycles. The fourth-order valence-electron chi connectivity index (χ4n) is 2.20. The van der Waals surface area contributed by atoms with Crippen molar-refractivity contribution in [1.82, 2.24) is 14.9 Å². The number of halogens is 2. The van der Waals surface area contributed by atoms with Gasteiger partial charge in [0.25, 0.3) is 0 Å². The molecule has 0 aliphatic carbocycles. The Morgan fingerprint density at radius 2 is 1.88 bits per heavy atom. The average Bonchev–Trinajstić information content (AvgIpc) is 2.96. The lowest BCUT2D eigenvalue weighted by Gasteiger charge is -2.05. The standard InChI is InChI=1S/C17H14Cl2N4OS/c1-2-24-12-8-6-11(7-9-12)16-21-22-17(25)23(16)20-10-13-14(18)4-3-5-15(13)19/h3-10H,2H2,1H3,(H,22,25). The van der Waals surface area contributed by atoms with Crippen LogP contribution in [0.4, 0.5) is 0 Å². The van der Waals surface area contributed by atoms with Gasteiger partial charge >= 0.3 is 0 Å². The van der Waals surface area contributed by atoms with Gasteiger partial charge in [-0.15, -0.1) is 0 Å². The fourth-order valence-corrected chi connectivity index (χ4v) is 2.88. The molecular weight excluding hydrogens is 379 g/mol. The van der Waals surface area contributed by atoms with Crippen molar-refractivity contribution in [3.05, 3.63) is 62.8 Å². The van der Waals surface area contributed by atoms with E-state index in [0.717, 1.165) is 11.3 Å². The van der Waals surface area contributed by atoms with Crippen molar-refractivity contribution in [2.45, 2.75) is 6.92 Å². The minimum atomic E-state index is 0.364. The molecule has 0 saturated heterocycles. The fraction of sp³-hybridized carbons (Fsp3) is 0.118. The van der Waals surface area contributed by atoms with Crippen molar-refractivity contribution in [2.75, 3.05) is 6.61 Å². The number of aromatic nitrogens is 3. The van der Waals surface area contributed by atoms with Crippen molar-refractivity contribution in [3.63, 3.8) is 0 Å². The Morgan fingerprint density at radius 3 is 2.52 bits per heavy atom. The first-order valence-corrected chi connectivity index (χ1v) is 8.65. The van der Waals surface area contributed by atoms with Gasteiger partial charge in [0.2, 0.25) is 4.77 Å². The summed E-state index contributed by atoms with van der Waals surface area (Å²) in [6.07, 6.45) is 1.56. The molecule has 1 heterocycles. The van der Waals surface area contributed by atoms with Crippen LogP contribution in [0.3, 0.4) is 0 Å². The maximum absolute atomic E-state index is 6.17. The highest BCUT2D eigenvalue weighted by Gasteiger charge is 2.09. The van der Waals surface area contributed by atoms with Gasteiger partial charge in [0.15, 0.2) is 5.82 Å². The third kappa shape index (κ3) is 3.92. The normalized spacial score (nSPS) is 11.2. The van der Waals surface area contributed by atoms with Crippen LogP contribution in [0.15, 0.2) is 47.6 Å². The van der Waals surface area contributed by atoms with E-state index in [0.29, 0.717) is 32.8 Å². The van der Waals surface area contributed by atoms with E-state index in [-0.39, 0.29) is 0 Å². The highest BCUT2D eigenvalue weighted by atomic mass is 35.5. The summed E-state index contributed by atoms with van der Waals surface area (Å²) >= 11 is 17.6. The van der Waals surface area contributed by atoms with Gasteiger partial charge in [-0.3, -0.25) is 0 Å². The van der Waals surface area contributed by atoms with Crippen LogP contribution in [0.25, 0.3) is 11.4 Å². The van der Waals surface area contributed by atoms with E-state index in [1.807, 2.05) is 31.2 Å². The van der Waals surface area contributed by atoms with Crippen LogP contribution in [-0.2, 0) is 0 Å². The number of H-pyrrole nitrogens is 1. The smallest absolute Gasteiger partial charge is 0.216 e. The Kier molecular flexibility index (Phi) is 5.53. The molecule has 0 unspecified atom stereocenters. The molecule has 0 amide bonds. The van der Waals surface area contributed by atoms with Gasteiger partial charge in [0.1, 0.15) is 5.75 Å². The predicted octanol–water partition coefficient (Wildman–Crippen LogP) is 5.20. The zero-order valence-corrected chi connectivity index (χ0v) is 15.6. The lowest BCUT2D eigenvalue weighted by molar-refractivity contribution is 0.340. The molecule has 3 rings (SSSR count). The van der Waals surface area contributed by atoms with Gasteiger partial charge in [-0.1, -0.05) is 29.3 Å². The average molecular weight is 393 g/mol. The highest BCUT2D eigenvalue weighted by Crippen LogP contribution is 2.24. The summed E-state index contributed by atoms with van der Waals surface area (Å²) < 4.78 is 7.33. The van der Waals surface area contributed by atoms with E-state index in [4.69, 9.17) is 40.2 Å². The number of hydrogen-bond acceptors (Lipinski definition) is 4. The highest BCUT2D eigenvalue weighted by molar-refractivity contribution is 7.71. The van der Waals surface area contributed by atoms with Crippen LogP contribution < -0.4 is 4.74 Å². The summed E-state index contributed by atoms with van der Waals surface area (Å²) in [6, 6.07) is 12.8. The van der Waals surface area contributed by atoms with E-state index in [9.17, 15) is 0 Å². The minimum Gasteiger partial charge on any atom is -0.494 e. The largest absolute Gasteiger partial charge is 0.494 e. The van der Waals surface area contributed by atoms with Crippen LogP contribution in [-0.4, -0.2) is 27.7 Å². The second-order valence-corrected chi connectivity index (χ2v) is 6.20. The lowest BCUT2D eigenvalue weighted by atomic mass is 10.2. The number of aromatic amines is 1. The van der Waals surface area contributed by atoms with Gasteiger partial charge in [-0.05, 0) is 55.5 Å². The summed E-state index contributed by atoms with van der Waals surface area (Å²) in [5.41, 5.74) is 1.46. The van der Waals surface area contributed by atoms with Crippen molar-refractivity contribution < 1.29 is 4.74 Å². The van der Waals surface area contributed by atoms with Gasteiger partial charge in [-0.25, -0.2) is 5.10 Å². The first-order valence-electron chi connectivity index (χ1n) is 7.49. The van der Waals surface area contributed by atoms with Crippen molar-refractivity contribution in [3.8, 4) is 17.1 Å². The molecule has 5 nitrogen and oxygen atoms in total. The number of nitrogens with one attached hydrogen (secondary N) is 1. The number of benzene rings is 2. The molecule has 1 N–H and O–H groups in total. The number of rotatable bonds is 5. The third-order valence-corrected chi connectivity index (χ3v) is 4.30. The Bertz CT molecular complexity index is 943. The lowest BCUT2D eigenvalue weighted by Crippen LogP contribution is -1.96. The van der Waals surface area contributed by atoms with Crippen LogP contribution in [0, 0.1) is 4.77 Å². The van der Waals surface area contributed by atoms with E-state index in [1.54, 1.807) is 24.4 Å². The summed E-state index contributed by atoms with van der Waals surface area (Å²) in [5, 5.41) is 12.4. The van der Waals surface area contributed by atoms with Crippen molar-refractivity contribution in [2.24, 2.45) is 5.10 Å². The number of hydrogen-bond donors (Lipinski definition) is 1. The topological polar surface area (TPSA) is 55.2 Å². The Morgan fingerprint density at radius 1 is 1.20 bits per heavy atom. The van der Waals surface area contributed by atoms with Gasteiger partial charge in [0, 0.05) is 11.1 Å². The summed E-state index contributed by atoms with van der Waals surface area (Å²) in [7, 11) is 0. The van der Waals surface area contributed by atoms with Crippen LogP contribution in [0.5, 0.6) is 5.75 Å². The Hall–Kier alpha value is -2.15. The molecular formula is C17H14Cl2N4OS. The molecule has 3 aromatic rings. The van der Waals surface area contributed by atoms with Gasteiger partial charge in [-0.2, -0.15) is 14.9 Å². The second kappa shape index (κ2) is 7.82. The predicted molar refractivity (Wildman–Crippen MR) is 103 cm³/mol. The summed E-state index contributed by atoms with van der Waals surface area (Å²) in [5.74, 6) is 1.37. The molecule has 0 spiro atoms. The maximum Gasteiger partial charge on any atom is 0.216 e. The van der Waals surface area contributed by atoms with E-state index in [1.165, 1.54) is 4.68 Å². The van der Waals surface area contributed by atoms with E-state index in [2.05, 4.69) is 15.3 Å². The molecule has 25 heavy (non-hydrogen) atoms. The molecule has 0 atom stereocenters. The SMILES string of the molecule is CCOc1ccc(-c2n[nH]c(=S)n2N=Cc2c(Cl)cccc2Cl)cc1. The number of ether oxygens (including phenoxy) is 1. The van der Waals surface area contributed by atoms with Crippen LogP contribution in [0.1, 0.15) is 12.5 Å². The van der Waals surface area contributed by atoms with Crippen LogP contribution in [0.2, 0.25) is 10.0 Å². The molecule has 128 valence electrons. The molecule has 8 heteroatoms. The van der Waals surface area contributed by atoms with Gasteiger partial charge in [0.05, 0.1) is 22.9 Å². The number of nitrogens with zero attached hydrogens (tertiary/aromatic N) is 3. The molecule has 1 aromatic heterocycles. The Labute approximate surface area is 159 Å². The Balaban J connectivity index is 1.97. The minimum absolute atomic E-state index is 0.364. The van der Waals surface area contributed by atoms with E-state index < -0.39 is 0 Å². The maximum atomic E-state index is 6.17. The van der Waals surface area contributed by atoms with E-state index >= 15 is 0 Å². The molecule has 0 aliphatic rings. The zero-order chi connectivity index (χ0) is 17.8. The second-order valence-electron chi connectivity index (χ2n) is 5.00. The molecule has 0 fully saturated rings. The summed E-state index contributed by atoms with van der Waals surface area (Å²) in [4.78, 5) is 0. The first-order chi connectivity index (χ1) is 12.1. The first kappa shape index (κ1) is 17.7. The van der Waals surface area contributed by atoms with Gasteiger partial charge < -0.3 is 4.74 Å². The molecule has 0 aliphatic heterocycles. The quantitative estimate of drug-likeness (QED) is 0.479. The third-order valence-electron chi connectivity index (χ3n) is 3.38. The monoisotopic (exact) mass is 392 g/mol. The van der Waals surface area contributed by atoms with Crippen molar-refractivity contribution >= 4 is 41.6 Å².